The SMILES string of the molecule is Cc1cc(C(=O)N(C)CC2(O)CCNC2)ccc1O. The van der Waals surface area contributed by atoms with Gasteiger partial charge < -0.3 is 20.4 Å². The molecule has 3 N–H and O–H groups in total. The van der Waals surface area contributed by atoms with Crippen LogP contribution in [0.5, 0.6) is 5.75 Å². The molecule has 0 aromatic heterocycles. The van der Waals surface area contributed by atoms with Gasteiger partial charge in [0.25, 0.3) is 5.91 Å². The third-order valence-electron chi connectivity index (χ3n) is 3.54. The van der Waals surface area contributed by atoms with Crippen LogP contribution in [0.2, 0.25) is 0 Å². The Morgan fingerprint density at radius 2 is 2.26 bits per heavy atom. The first-order valence-corrected chi connectivity index (χ1v) is 6.39. The van der Waals surface area contributed by atoms with Crippen LogP contribution >= 0.6 is 0 Å². The second kappa shape index (κ2) is 5.19. The van der Waals surface area contributed by atoms with Crippen molar-refractivity contribution in [2.24, 2.45) is 0 Å². The summed E-state index contributed by atoms with van der Waals surface area (Å²) in [4.78, 5) is 13.8. The zero-order valence-electron chi connectivity index (χ0n) is 11.3. The number of aliphatic hydroxyl groups is 1. The molecule has 1 aromatic rings. The molecule has 1 unspecified atom stereocenters. The number of phenolic OH excluding ortho intramolecular Hbond substituents is 1. The Kier molecular flexibility index (Phi) is 3.78. The van der Waals surface area contributed by atoms with Gasteiger partial charge in [0.1, 0.15) is 5.75 Å². The Morgan fingerprint density at radius 3 is 2.84 bits per heavy atom. The minimum absolute atomic E-state index is 0.150. The quantitative estimate of drug-likeness (QED) is 0.743. The summed E-state index contributed by atoms with van der Waals surface area (Å²) in [6.07, 6.45) is 0.652. The maximum atomic E-state index is 12.3. The van der Waals surface area contributed by atoms with Crippen molar-refractivity contribution in [3.63, 3.8) is 0 Å². The van der Waals surface area contributed by atoms with Gasteiger partial charge in [-0.3, -0.25) is 4.79 Å². The molecular weight excluding hydrogens is 244 g/mol. The Labute approximate surface area is 112 Å². The number of phenols is 1. The number of amides is 1. The smallest absolute Gasteiger partial charge is 0.253 e. The van der Waals surface area contributed by atoms with Crippen molar-refractivity contribution < 1.29 is 15.0 Å². The fourth-order valence-electron chi connectivity index (χ4n) is 2.39. The summed E-state index contributed by atoms with van der Waals surface area (Å²) in [6.45, 7) is 3.34. The molecule has 0 radical (unpaired) electrons. The highest BCUT2D eigenvalue weighted by atomic mass is 16.3. The summed E-state index contributed by atoms with van der Waals surface area (Å²) in [5.41, 5.74) is 0.351. The number of carbonyl (C=O) groups is 1. The van der Waals surface area contributed by atoms with E-state index in [0.29, 0.717) is 30.6 Å². The number of β-amino-alcohol motifs (C(OH)–C–C–N with tert-alkyl or cyclic N) is 1. The molecule has 0 spiro atoms. The molecule has 1 aromatic carbocycles. The summed E-state index contributed by atoms with van der Waals surface area (Å²) >= 11 is 0. The molecule has 19 heavy (non-hydrogen) atoms. The largest absolute Gasteiger partial charge is 0.508 e. The number of nitrogens with zero attached hydrogens (tertiary/aromatic N) is 1. The summed E-state index contributed by atoms with van der Waals surface area (Å²) in [5.74, 6) is 0.0289. The molecule has 1 aliphatic rings. The summed E-state index contributed by atoms with van der Waals surface area (Å²) in [7, 11) is 1.68. The molecule has 1 aliphatic heterocycles. The molecule has 1 saturated heterocycles. The van der Waals surface area contributed by atoms with Crippen molar-refractivity contribution in [2.75, 3.05) is 26.7 Å². The van der Waals surface area contributed by atoms with Crippen molar-refractivity contribution in [2.45, 2.75) is 18.9 Å². The van der Waals surface area contributed by atoms with Gasteiger partial charge in [-0.1, -0.05) is 0 Å². The second-order valence-electron chi connectivity index (χ2n) is 5.31. The lowest BCUT2D eigenvalue weighted by Gasteiger charge is -2.28. The molecule has 104 valence electrons. The first kappa shape index (κ1) is 13.8. The van der Waals surface area contributed by atoms with Crippen LogP contribution in [0, 0.1) is 6.92 Å². The van der Waals surface area contributed by atoms with Crippen LogP contribution in [0.15, 0.2) is 18.2 Å². The third-order valence-corrected chi connectivity index (χ3v) is 3.54. The standard InChI is InChI=1S/C14H20N2O3/c1-10-7-11(3-4-12(10)17)13(18)16(2)9-14(19)5-6-15-8-14/h3-4,7,15,17,19H,5-6,8-9H2,1-2H3. The van der Waals surface area contributed by atoms with Gasteiger partial charge in [0, 0.05) is 19.2 Å². The zero-order chi connectivity index (χ0) is 14.0. The van der Waals surface area contributed by atoms with E-state index in [1.807, 2.05) is 0 Å². The number of hydrogen-bond acceptors (Lipinski definition) is 4. The molecule has 1 amide bonds. The lowest BCUT2D eigenvalue weighted by molar-refractivity contribution is 0.0252. The van der Waals surface area contributed by atoms with Crippen molar-refractivity contribution in [1.29, 1.82) is 0 Å². The molecular formula is C14H20N2O3. The number of nitrogens with one attached hydrogen (secondary N) is 1. The van der Waals surface area contributed by atoms with Crippen LogP contribution in [-0.2, 0) is 0 Å². The van der Waals surface area contributed by atoms with E-state index in [1.165, 1.54) is 11.0 Å². The highest BCUT2D eigenvalue weighted by Gasteiger charge is 2.33. The molecule has 0 bridgehead atoms. The van der Waals surface area contributed by atoms with E-state index in [4.69, 9.17) is 0 Å². The second-order valence-corrected chi connectivity index (χ2v) is 5.31. The van der Waals surface area contributed by atoms with E-state index in [-0.39, 0.29) is 11.7 Å². The van der Waals surface area contributed by atoms with Gasteiger partial charge in [-0.25, -0.2) is 0 Å². The van der Waals surface area contributed by atoms with E-state index >= 15 is 0 Å². The first-order chi connectivity index (χ1) is 8.91. The summed E-state index contributed by atoms with van der Waals surface area (Å²) in [5, 5.41) is 22.8. The highest BCUT2D eigenvalue weighted by Crippen LogP contribution is 2.20. The molecule has 1 heterocycles. The van der Waals surface area contributed by atoms with Crippen molar-refractivity contribution in [3.8, 4) is 5.75 Å². The minimum Gasteiger partial charge on any atom is -0.508 e. The molecule has 0 saturated carbocycles. The molecule has 2 rings (SSSR count). The molecule has 1 fully saturated rings. The van der Waals surface area contributed by atoms with Gasteiger partial charge in [-0.15, -0.1) is 0 Å². The fraction of sp³-hybridized carbons (Fsp3) is 0.500. The van der Waals surface area contributed by atoms with Gasteiger partial charge in [0.15, 0.2) is 0 Å². The number of aryl methyl sites for hydroxylation is 1. The molecule has 5 nitrogen and oxygen atoms in total. The van der Waals surface area contributed by atoms with Gasteiger partial charge in [-0.05, 0) is 43.7 Å². The monoisotopic (exact) mass is 264 g/mol. The van der Waals surface area contributed by atoms with Gasteiger partial charge in [0.2, 0.25) is 0 Å². The Bertz CT molecular complexity index is 482. The number of hydrogen-bond donors (Lipinski definition) is 3. The zero-order valence-corrected chi connectivity index (χ0v) is 11.3. The Hall–Kier alpha value is -1.59. The average molecular weight is 264 g/mol. The van der Waals surface area contributed by atoms with Crippen molar-refractivity contribution in [3.05, 3.63) is 29.3 Å². The maximum Gasteiger partial charge on any atom is 0.253 e. The number of aromatic hydroxyl groups is 1. The maximum absolute atomic E-state index is 12.3. The van der Waals surface area contributed by atoms with Crippen LogP contribution in [0.3, 0.4) is 0 Å². The van der Waals surface area contributed by atoms with E-state index in [9.17, 15) is 15.0 Å². The Balaban J connectivity index is 2.08. The van der Waals surface area contributed by atoms with Crippen LogP contribution in [0.1, 0.15) is 22.3 Å². The van der Waals surface area contributed by atoms with Crippen LogP contribution in [-0.4, -0.2) is 53.3 Å². The summed E-state index contributed by atoms with van der Waals surface area (Å²) < 4.78 is 0. The summed E-state index contributed by atoms with van der Waals surface area (Å²) in [6, 6.07) is 4.77. The lowest BCUT2D eigenvalue weighted by Crippen LogP contribution is -2.45. The van der Waals surface area contributed by atoms with Crippen molar-refractivity contribution in [1.82, 2.24) is 10.2 Å². The van der Waals surface area contributed by atoms with E-state index in [0.717, 1.165) is 6.54 Å². The van der Waals surface area contributed by atoms with E-state index in [2.05, 4.69) is 5.32 Å². The van der Waals surface area contributed by atoms with Gasteiger partial charge in [-0.2, -0.15) is 0 Å². The van der Waals surface area contributed by atoms with E-state index in [1.54, 1.807) is 26.1 Å². The molecule has 1 atom stereocenters. The fourth-order valence-corrected chi connectivity index (χ4v) is 2.39. The Morgan fingerprint density at radius 1 is 1.53 bits per heavy atom. The normalized spacial score (nSPS) is 22.5. The van der Waals surface area contributed by atoms with Gasteiger partial charge in [0.05, 0.1) is 12.1 Å². The van der Waals surface area contributed by atoms with Gasteiger partial charge >= 0.3 is 0 Å². The number of likely N-dealkylation sites (N-methyl/N-ethyl adjacent to an activating group) is 1. The number of benzene rings is 1. The molecule has 0 aliphatic carbocycles. The molecule has 5 heteroatoms. The van der Waals surface area contributed by atoms with Crippen LogP contribution < -0.4 is 5.32 Å². The average Bonchev–Trinajstić information content (AvgIpc) is 2.78. The predicted octanol–water partition coefficient (Wildman–Crippen LogP) is 0.497. The van der Waals surface area contributed by atoms with Crippen LogP contribution in [0.4, 0.5) is 0 Å². The topological polar surface area (TPSA) is 72.8 Å². The number of carbonyl (C=O) groups excluding carboxylic acids is 1. The van der Waals surface area contributed by atoms with Crippen LogP contribution in [0.25, 0.3) is 0 Å². The first-order valence-electron chi connectivity index (χ1n) is 6.39. The van der Waals surface area contributed by atoms with Crippen molar-refractivity contribution >= 4 is 5.91 Å². The lowest BCUT2D eigenvalue weighted by atomic mass is 10.0. The highest BCUT2D eigenvalue weighted by molar-refractivity contribution is 5.94. The minimum atomic E-state index is -0.837. The predicted molar refractivity (Wildman–Crippen MR) is 72.2 cm³/mol. The number of rotatable bonds is 3. The van der Waals surface area contributed by atoms with E-state index < -0.39 is 5.60 Å². The third kappa shape index (κ3) is 3.05.